The maximum absolute atomic E-state index is 11.7. The molecule has 0 radical (unpaired) electrons. The van der Waals surface area contributed by atoms with Crippen molar-refractivity contribution in [2.75, 3.05) is 14.2 Å². The van der Waals surface area contributed by atoms with Crippen LogP contribution in [0.15, 0.2) is 65.1 Å². The van der Waals surface area contributed by atoms with Crippen LogP contribution in [-0.2, 0) is 9.53 Å². The van der Waals surface area contributed by atoms with Crippen molar-refractivity contribution in [1.82, 2.24) is 4.90 Å². The number of carbonyl (C=O) groups is 1. The van der Waals surface area contributed by atoms with Crippen molar-refractivity contribution in [2.45, 2.75) is 0 Å². The van der Waals surface area contributed by atoms with E-state index < -0.39 is 5.97 Å². The topological polar surface area (TPSA) is 71.4 Å². The normalized spacial score (nSPS) is 14.6. The third-order valence-electron chi connectivity index (χ3n) is 2.86. The predicted molar refractivity (Wildman–Crippen MR) is 82.3 cm³/mol. The summed E-state index contributed by atoms with van der Waals surface area (Å²) in [4.78, 5) is 17.2. The van der Waals surface area contributed by atoms with Gasteiger partial charge in [-0.25, -0.2) is 4.79 Å². The van der Waals surface area contributed by atoms with Crippen molar-refractivity contribution in [3.8, 4) is 11.5 Å². The number of nitrogens with zero attached hydrogens (tertiary/aromatic N) is 2. The van der Waals surface area contributed by atoms with Crippen LogP contribution in [0, 0.1) is 0 Å². The Labute approximate surface area is 128 Å². The lowest BCUT2D eigenvalue weighted by atomic mass is 10.1. The van der Waals surface area contributed by atoms with E-state index >= 15 is 0 Å². The van der Waals surface area contributed by atoms with Crippen molar-refractivity contribution in [1.29, 1.82) is 0 Å². The lowest BCUT2D eigenvalue weighted by Crippen LogP contribution is -2.27. The SMILES string of the molecule is C=C1C=C(C(=O)OC)C=C(Oc2ccc(O)cc2)N1C=NC. The van der Waals surface area contributed by atoms with Crippen molar-refractivity contribution in [3.05, 3.63) is 60.1 Å². The monoisotopic (exact) mass is 300 g/mol. The number of hydrogen-bond acceptors (Lipinski definition) is 5. The van der Waals surface area contributed by atoms with Crippen molar-refractivity contribution in [2.24, 2.45) is 4.99 Å². The maximum Gasteiger partial charge on any atom is 0.338 e. The molecule has 0 atom stereocenters. The van der Waals surface area contributed by atoms with Crippen molar-refractivity contribution in [3.63, 3.8) is 0 Å². The molecule has 0 amide bonds. The van der Waals surface area contributed by atoms with Gasteiger partial charge in [0.25, 0.3) is 0 Å². The van der Waals surface area contributed by atoms with Gasteiger partial charge in [-0.15, -0.1) is 0 Å². The molecule has 0 fully saturated rings. The number of hydrogen-bond donors (Lipinski definition) is 1. The van der Waals surface area contributed by atoms with E-state index in [0.29, 0.717) is 22.9 Å². The summed E-state index contributed by atoms with van der Waals surface area (Å²) in [6.07, 6.45) is 4.64. The van der Waals surface area contributed by atoms with E-state index in [4.69, 9.17) is 9.47 Å². The second-order valence-corrected chi connectivity index (χ2v) is 4.40. The molecule has 0 spiro atoms. The van der Waals surface area contributed by atoms with E-state index in [0.717, 1.165) is 0 Å². The molecule has 1 aliphatic heterocycles. The van der Waals surface area contributed by atoms with Crippen LogP contribution in [0.3, 0.4) is 0 Å². The second kappa shape index (κ2) is 6.62. The number of phenols is 1. The lowest BCUT2D eigenvalue weighted by Gasteiger charge is -2.26. The first-order valence-corrected chi connectivity index (χ1v) is 6.44. The molecule has 0 bridgehead atoms. The van der Waals surface area contributed by atoms with E-state index in [1.165, 1.54) is 31.7 Å². The first-order valence-electron chi connectivity index (χ1n) is 6.44. The minimum absolute atomic E-state index is 0.136. The number of ether oxygens (including phenoxy) is 2. The highest BCUT2D eigenvalue weighted by atomic mass is 16.5. The summed E-state index contributed by atoms with van der Waals surface area (Å²) in [5.41, 5.74) is 0.837. The molecule has 1 aliphatic rings. The van der Waals surface area contributed by atoms with Gasteiger partial charge in [-0.3, -0.25) is 9.89 Å². The molecule has 6 heteroatoms. The number of carbonyl (C=O) groups excluding carboxylic acids is 1. The largest absolute Gasteiger partial charge is 0.508 e. The first-order chi connectivity index (χ1) is 10.5. The smallest absolute Gasteiger partial charge is 0.338 e. The fraction of sp³-hybridized carbons (Fsp3) is 0.125. The number of allylic oxidation sites excluding steroid dienone is 1. The Bertz CT molecular complexity index is 672. The molecule has 0 aromatic heterocycles. The summed E-state index contributed by atoms with van der Waals surface area (Å²) in [5.74, 6) is 0.499. The lowest BCUT2D eigenvalue weighted by molar-refractivity contribution is -0.135. The van der Waals surface area contributed by atoms with Gasteiger partial charge in [0.1, 0.15) is 11.5 Å². The fourth-order valence-corrected chi connectivity index (χ4v) is 1.83. The van der Waals surface area contributed by atoms with Crippen molar-refractivity contribution >= 4 is 12.3 Å². The van der Waals surface area contributed by atoms with Gasteiger partial charge in [0.05, 0.1) is 19.0 Å². The molecule has 0 unspecified atom stereocenters. The van der Waals surface area contributed by atoms with E-state index in [-0.39, 0.29) is 5.75 Å². The molecular formula is C16H16N2O4. The minimum atomic E-state index is -0.485. The van der Waals surface area contributed by atoms with Crippen LogP contribution in [0.25, 0.3) is 0 Å². The summed E-state index contributed by atoms with van der Waals surface area (Å²) in [7, 11) is 2.92. The third-order valence-corrected chi connectivity index (χ3v) is 2.86. The van der Waals surface area contributed by atoms with Gasteiger partial charge >= 0.3 is 5.97 Å². The summed E-state index contributed by atoms with van der Waals surface area (Å²) >= 11 is 0. The van der Waals surface area contributed by atoms with Gasteiger partial charge in [-0.1, -0.05) is 6.58 Å². The molecule has 0 aliphatic carbocycles. The van der Waals surface area contributed by atoms with Crippen LogP contribution in [0.5, 0.6) is 11.5 Å². The van der Waals surface area contributed by atoms with Gasteiger partial charge < -0.3 is 14.6 Å². The van der Waals surface area contributed by atoms with Crippen LogP contribution in [0.1, 0.15) is 0 Å². The Balaban J connectivity index is 2.35. The molecule has 0 saturated heterocycles. The summed E-state index contributed by atoms with van der Waals surface area (Å²) < 4.78 is 10.5. The first kappa shape index (κ1) is 15.4. The molecule has 1 aromatic carbocycles. The Morgan fingerprint density at radius 1 is 1.32 bits per heavy atom. The van der Waals surface area contributed by atoms with Crippen LogP contribution < -0.4 is 4.74 Å². The molecule has 1 N–H and O–H groups in total. The number of phenolic OH excluding ortho intramolecular Hbond substituents is 1. The number of aliphatic imine (C=N–C) groups is 1. The Hall–Kier alpha value is -3.02. The predicted octanol–water partition coefficient (Wildman–Crippen LogP) is 2.20. The Kier molecular flexibility index (Phi) is 4.63. The highest BCUT2D eigenvalue weighted by Gasteiger charge is 2.22. The number of methoxy groups -OCH3 is 1. The summed E-state index contributed by atoms with van der Waals surface area (Å²) in [5, 5.41) is 9.30. The van der Waals surface area contributed by atoms with Crippen LogP contribution >= 0.6 is 0 Å². The number of benzene rings is 1. The van der Waals surface area contributed by atoms with Gasteiger partial charge in [-0.05, 0) is 30.3 Å². The molecule has 6 nitrogen and oxygen atoms in total. The zero-order valence-electron chi connectivity index (χ0n) is 12.3. The third kappa shape index (κ3) is 3.35. The minimum Gasteiger partial charge on any atom is -0.508 e. The molecule has 22 heavy (non-hydrogen) atoms. The molecule has 1 heterocycles. The van der Waals surface area contributed by atoms with Gasteiger partial charge in [0.15, 0.2) is 0 Å². The Morgan fingerprint density at radius 3 is 2.59 bits per heavy atom. The average Bonchev–Trinajstić information content (AvgIpc) is 2.51. The zero-order valence-corrected chi connectivity index (χ0v) is 12.3. The van der Waals surface area contributed by atoms with Crippen LogP contribution in [-0.4, -0.2) is 36.5 Å². The maximum atomic E-state index is 11.7. The molecule has 1 aromatic rings. The standard InChI is InChI=1S/C16H16N2O4/c1-11-8-12(16(20)21-3)9-15(18(11)10-17-2)22-14-6-4-13(19)5-7-14/h4-10,19H,1H2,2-3H3. The van der Waals surface area contributed by atoms with E-state index in [9.17, 15) is 9.90 Å². The fourth-order valence-electron chi connectivity index (χ4n) is 1.83. The zero-order chi connectivity index (χ0) is 16.1. The van der Waals surface area contributed by atoms with Gasteiger partial charge in [0.2, 0.25) is 5.88 Å². The highest BCUT2D eigenvalue weighted by molar-refractivity contribution is 5.93. The molecular weight excluding hydrogens is 284 g/mol. The van der Waals surface area contributed by atoms with E-state index in [1.54, 1.807) is 30.2 Å². The molecule has 0 saturated carbocycles. The number of esters is 1. The van der Waals surface area contributed by atoms with Crippen LogP contribution in [0.2, 0.25) is 0 Å². The molecule has 2 rings (SSSR count). The summed E-state index contributed by atoms with van der Waals surface area (Å²) in [6.45, 7) is 3.88. The summed E-state index contributed by atoms with van der Waals surface area (Å²) in [6, 6.07) is 6.22. The number of rotatable bonds is 4. The molecule has 114 valence electrons. The Morgan fingerprint density at radius 2 is 2.00 bits per heavy atom. The second-order valence-electron chi connectivity index (χ2n) is 4.40. The van der Waals surface area contributed by atoms with E-state index in [1.807, 2.05) is 0 Å². The van der Waals surface area contributed by atoms with Crippen LogP contribution in [0.4, 0.5) is 0 Å². The van der Waals surface area contributed by atoms with E-state index in [2.05, 4.69) is 11.6 Å². The van der Waals surface area contributed by atoms with Crippen molar-refractivity contribution < 1.29 is 19.4 Å². The quantitative estimate of drug-likeness (QED) is 0.524. The van der Waals surface area contributed by atoms with Gasteiger partial charge in [0, 0.05) is 18.8 Å². The van der Waals surface area contributed by atoms with Gasteiger partial charge in [-0.2, -0.15) is 0 Å². The highest BCUT2D eigenvalue weighted by Crippen LogP contribution is 2.25. The number of aromatic hydroxyl groups is 1. The average molecular weight is 300 g/mol.